The van der Waals surface area contributed by atoms with Gasteiger partial charge in [-0.15, -0.1) is 0 Å². The summed E-state index contributed by atoms with van der Waals surface area (Å²) in [6.45, 7) is 2.99. The number of carbonyl (C=O) groups excluding carboxylic acids is 2. The van der Waals surface area contributed by atoms with Crippen molar-refractivity contribution >= 4 is 22.7 Å². The minimum absolute atomic E-state index is 0.0445. The number of nitrogens with two attached hydrogens (primary N) is 2. The summed E-state index contributed by atoms with van der Waals surface area (Å²) in [6.07, 6.45) is 8.35. The number of hydrogen-bond acceptors (Lipinski definition) is 3. The third kappa shape index (κ3) is 4.25. The number of aromatic nitrogens is 1. The largest absolute Gasteiger partial charge is 0.368 e. The van der Waals surface area contributed by atoms with Crippen LogP contribution in [-0.4, -0.2) is 40.3 Å². The Hall–Kier alpha value is -3.12. The maximum absolute atomic E-state index is 13.9. The molecule has 6 nitrogen and oxygen atoms in total. The average Bonchev–Trinajstić information content (AvgIpc) is 3.35. The zero-order valence-corrected chi connectivity index (χ0v) is 20.6. The fourth-order valence-electron chi connectivity index (χ4n) is 6.41. The highest BCUT2D eigenvalue weighted by atomic mass is 16.2. The first-order valence-corrected chi connectivity index (χ1v) is 12.8. The van der Waals surface area contributed by atoms with Gasteiger partial charge >= 0.3 is 0 Å². The van der Waals surface area contributed by atoms with Crippen LogP contribution >= 0.6 is 0 Å². The molecule has 0 bridgehead atoms. The maximum Gasteiger partial charge on any atom is 0.238 e. The van der Waals surface area contributed by atoms with E-state index in [1.54, 1.807) is 6.92 Å². The number of aryl methyl sites for hydroxylation is 2. The number of primary amides is 1. The Balaban J connectivity index is 1.35. The summed E-state index contributed by atoms with van der Waals surface area (Å²) >= 11 is 0. The van der Waals surface area contributed by atoms with Gasteiger partial charge in [-0.2, -0.15) is 0 Å². The van der Waals surface area contributed by atoms with Gasteiger partial charge in [0.05, 0.1) is 5.92 Å². The van der Waals surface area contributed by atoms with E-state index >= 15 is 0 Å². The van der Waals surface area contributed by atoms with Gasteiger partial charge in [0.1, 0.15) is 5.54 Å². The summed E-state index contributed by atoms with van der Waals surface area (Å²) in [7, 11) is 0. The number of nitrogens with one attached hydrogen (secondary N) is 1. The summed E-state index contributed by atoms with van der Waals surface area (Å²) in [6, 6.07) is 16.9. The Labute approximate surface area is 207 Å². The van der Waals surface area contributed by atoms with Crippen LogP contribution in [0.2, 0.25) is 0 Å². The third-order valence-electron chi connectivity index (χ3n) is 8.65. The highest BCUT2D eigenvalue weighted by molar-refractivity contribution is 5.92. The average molecular weight is 473 g/mol. The highest BCUT2D eigenvalue weighted by Crippen LogP contribution is 2.46. The summed E-state index contributed by atoms with van der Waals surface area (Å²) < 4.78 is 0. The molecule has 35 heavy (non-hydrogen) atoms. The molecule has 1 aromatic heterocycles. The van der Waals surface area contributed by atoms with Crippen LogP contribution in [0.1, 0.15) is 55.7 Å². The Morgan fingerprint density at radius 2 is 1.86 bits per heavy atom. The summed E-state index contributed by atoms with van der Waals surface area (Å²) in [5.41, 5.74) is 16.0. The van der Waals surface area contributed by atoms with E-state index in [0.29, 0.717) is 25.9 Å². The van der Waals surface area contributed by atoms with Crippen LogP contribution in [0, 0.1) is 5.92 Å². The number of benzene rings is 2. The van der Waals surface area contributed by atoms with Gasteiger partial charge in [-0.1, -0.05) is 42.5 Å². The molecule has 2 heterocycles. The summed E-state index contributed by atoms with van der Waals surface area (Å²) in [4.78, 5) is 31.5. The number of para-hydroxylation sites is 1. The van der Waals surface area contributed by atoms with Crippen LogP contribution in [0.25, 0.3) is 10.9 Å². The van der Waals surface area contributed by atoms with E-state index in [1.807, 2.05) is 29.3 Å². The molecule has 3 atom stereocenters. The molecular formula is C29H36N4O2. The van der Waals surface area contributed by atoms with Crippen LogP contribution in [0.15, 0.2) is 54.7 Å². The van der Waals surface area contributed by atoms with Crippen LogP contribution in [0.3, 0.4) is 0 Å². The van der Waals surface area contributed by atoms with E-state index in [2.05, 4.69) is 35.3 Å². The molecule has 1 aliphatic carbocycles. The van der Waals surface area contributed by atoms with Crippen LogP contribution < -0.4 is 11.5 Å². The van der Waals surface area contributed by atoms with Crippen LogP contribution in [0.4, 0.5) is 0 Å². The van der Waals surface area contributed by atoms with Crippen molar-refractivity contribution in [1.29, 1.82) is 0 Å². The van der Waals surface area contributed by atoms with E-state index in [1.165, 1.54) is 11.1 Å². The smallest absolute Gasteiger partial charge is 0.238 e. The monoisotopic (exact) mass is 472 g/mol. The van der Waals surface area contributed by atoms with Crippen molar-refractivity contribution < 1.29 is 9.59 Å². The molecule has 1 fully saturated rings. The number of hydrogen-bond donors (Lipinski definition) is 3. The zero-order valence-electron chi connectivity index (χ0n) is 20.6. The molecule has 2 unspecified atom stereocenters. The lowest BCUT2D eigenvalue weighted by molar-refractivity contribution is -0.142. The molecule has 5 rings (SSSR count). The van der Waals surface area contributed by atoms with Crippen molar-refractivity contribution in [3.63, 3.8) is 0 Å². The fraction of sp³-hybridized carbons (Fsp3) is 0.448. The van der Waals surface area contributed by atoms with Crippen LogP contribution in [-0.2, 0) is 27.8 Å². The molecule has 0 radical (unpaired) electrons. The normalized spacial score (nSPS) is 22.5. The van der Waals surface area contributed by atoms with Crippen molar-refractivity contribution in [2.75, 3.05) is 13.1 Å². The second kappa shape index (κ2) is 9.15. The maximum atomic E-state index is 13.9. The predicted molar refractivity (Wildman–Crippen MR) is 139 cm³/mol. The van der Waals surface area contributed by atoms with Gasteiger partial charge in [0, 0.05) is 30.2 Å². The fourth-order valence-corrected chi connectivity index (χ4v) is 6.41. The number of amides is 2. The van der Waals surface area contributed by atoms with Crippen molar-refractivity contribution in [3.8, 4) is 0 Å². The van der Waals surface area contributed by atoms with Crippen molar-refractivity contribution in [2.24, 2.45) is 17.4 Å². The van der Waals surface area contributed by atoms with Gasteiger partial charge < -0.3 is 21.4 Å². The number of fused-ring (bicyclic) bond motifs is 3. The quantitative estimate of drug-likeness (QED) is 0.508. The van der Waals surface area contributed by atoms with Crippen LogP contribution in [0.5, 0.6) is 0 Å². The molecule has 5 N–H and O–H groups in total. The van der Waals surface area contributed by atoms with Gasteiger partial charge in [0.25, 0.3) is 0 Å². The predicted octanol–water partition coefficient (Wildman–Crippen LogP) is 3.82. The highest BCUT2D eigenvalue weighted by Gasteiger charge is 2.44. The van der Waals surface area contributed by atoms with Crippen molar-refractivity contribution in [2.45, 2.75) is 62.8 Å². The standard InChI is InChI=1S/C29H36N4O2/c1-28(31,27(30)35)24(12-11-21-19-32-25-10-5-3-8-22(21)25)26(34)33-17-6-14-29(16-18-33)15-13-20-7-2-4-9-23(20)29/h2-5,7-10,19,24,32H,6,11-18,31H2,1H3,(H2,30,35)/t24?,28-,29?/m1/s1. The van der Waals surface area contributed by atoms with Gasteiger partial charge in [-0.05, 0) is 80.0 Å². The minimum Gasteiger partial charge on any atom is -0.368 e. The van der Waals surface area contributed by atoms with E-state index in [0.717, 1.165) is 48.6 Å². The topological polar surface area (TPSA) is 105 Å². The first kappa shape index (κ1) is 23.6. The van der Waals surface area contributed by atoms with Gasteiger partial charge in [0.15, 0.2) is 0 Å². The van der Waals surface area contributed by atoms with Gasteiger partial charge in [0.2, 0.25) is 11.8 Å². The molecule has 0 saturated carbocycles. The molecule has 1 saturated heterocycles. The zero-order chi connectivity index (χ0) is 24.6. The molecule has 6 heteroatoms. The molecule has 1 spiro atoms. The Morgan fingerprint density at radius 3 is 2.69 bits per heavy atom. The molecule has 2 aromatic carbocycles. The number of nitrogens with zero attached hydrogens (tertiary/aromatic N) is 1. The van der Waals surface area contributed by atoms with E-state index < -0.39 is 17.4 Å². The number of likely N-dealkylation sites (tertiary alicyclic amines) is 1. The van der Waals surface area contributed by atoms with E-state index in [9.17, 15) is 9.59 Å². The minimum atomic E-state index is -1.41. The second-order valence-corrected chi connectivity index (χ2v) is 10.7. The van der Waals surface area contributed by atoms with E-state index in [4.69, 9.17) is 11.5 Å². The first-order chi connectivity index (χ1) is 16.8. The molecule has 2 aliphatic rings. The lowest BCUT2D eigenvalue weighted by Crippen LogP contribution is -2.59. The van der Waals surface area contributed by atoms with Crippen molar-refractivity contribution in [3.05, 3.63) is 71.4 Å². The lowest BCUT2D eigenvalue weighted by Gasteiger charge is -2.35. The Bertz CT molecular complexity index is 1250. The van der Waals surface area contributed by atoms with E-state index in [-0.39, 0.29) is 11.3 Å². The Morgan fingerprint density at radius 1 is 1.09 bits per heavy atom. The molecule has 3 aromatic rings. The molecular weight excluding hydrogens is 436 g/mol. The Kier molecular flexibility index (Phi) is 6.18. The summed E-state index contributed by atoms with van der Waals surface area (Å²) in [5.74, 6) is -1.35. The molecule has 1 aliphatic heterocycles. The number of aromatic amines is 1. The number of carbonyl (C=O) groups is 2. The second-order valence-electron chi connectivity index (χ2n) is 10.7. The SMILES string of the molecule is C[C@](N)(C(N)=O)C(CCc1c[nH]c2ccccc12)C(=O)N1CCCC2(CCc3ccccc32)CC1. The molecule has 2 amide bonds. The first-order valence-electron chi connectivity index (χ1n) is 12.8. The number of rotatable bonds is 6. The van der Waals surface area contributed by atoms with Crippen molar-refractivity contribution in [1.82, 2.24) is 9.88 Å². The lowest BCUT2D eigenvalue weighted by atomic mass is 9.76. The third-order valence-corrected chi connectivity index (χ3v) is 8.65. The summed E-state index contributed by atoms with van der Waals surface area (Å²) in [5, 5.41) is 1.13. The van der Waals surface area contributed by atoms with Gasteiger partial charge in [-0.3, -0.25) is 9.59 Å². The number of H-pyrrole nitrogens is 1. The van der Waals surface area contributed by atoms with Gasteiger partial charge in [-0.25, -0.2) is 0 Å². The molecule has 184 valence electrons.